The first-order valence-corrected chi connectivity index (χ1v) is 7.82. The van der Waals surface area contributed by atoms with Crippen LogP contribution in [-0.2, 0) is 0 Å². The minimum Gasteiger partial charge on any atom is -0.311 e. The Morgan fingerprint density at radius 1 is 1.28 bits per heavy atom. The van der Waals surface area contributed by atoms with E-state index in [-0.39, 0.29) is 17.3 Å². The van der Waals surface area contributed by atoms with Crippen LogP contribution in [0, 0.1) is 5.82 Å². The van der Waals surface area contributed by atoms with Gasteiger partial charge in [0.25, 0.3) is 0 Å². The molecule has 0 heterocycles. The quantitative estimate of drug-likeness (QED) is 0.836. The van der Waals surface area contributed by atoms with Crippen molar-refractivity contribution in [3.8, 4) is 0 Å². The van der Waals surface area contributed by atoms with E-state index in [0.717, 1.165) is 24.3 Å². The maximum absolute atomic E-state index is 13.9. The summed E-state index contributed by atoms with van der Waals surface area (Å²) in [7, 11) is 0. The molecule has 1 unspecified atom stereocenters. The van der Waals surface area contributed by atoms with Gasteiger partial charge in [0.05, 0.1) is 0 Å². The van der Waals surface area contributed by atoms with Gasteiger partial charge >= 0.3 is 0 Å². The minimum absolute atomic E-state index is 0.0723. The highest BCUT2D eigenvalue weighted by atomic mass is 32.2. The standard InChI is InChI=1S/C15H24FNS/c1-15(2,3)17-11-12(9-10-18-4)13-7-5-6-8-14(13)16/h5-8,12,17H,9-11H2,1-4H3. The fraction of sp³-hybridized carbons (Fsp3) is 0.600. The van der Waals surface area contributed by atoms with Gasteiger partial charge in [0.1, 0.15) is 5.82 Å². The molecule has 0 amide bonds. The SMILES string of the molecule is CSCCC(CNC(C)(C)C)c1ccccc1F. The predicted octanol–water partition coefficient (Wildman–Crippen LogP) is 4.05. The number of thioether (sulfide) groups is 1. The third-order valence-corrected chi connectivity index (χ3v) is 3.54. The summed E-state index contributed by atoms with van der Waals surface area (Å²) < 4.78 is 13.9. The molecule has 3 heteroatoms. The van der Waals surface area contributed by atoms with Crippen LogP contribution in [0.3, 0.4) is 0 Å². The van der Waals surface area contributed by atoms with Crippen molar-refractivity contribution in [2.45, 2.75) is 38.6 Å². The number of rotatable bonds is 6. The third kappa shape index (κ3) is 5.40. The first kappa shape index (κ1) is 15.5. The van der Waals surface area contributed by atoms with Crippen molar-refractivity contribution in [1.29, 1.82) is 0 Å². The molecule has 1 nitrogen and oxygen atoms in total. The second-order valence-corrected chi connectivity index (χ2v) is 6.62. The third-order valence-electron chi connectivity index (χ3n) is 2.89. The number of hydrogen-bond donors (Lipinski definition) is 1. The van der Waals surface area contributed by atoms with Crippen LogP contribution in [0.15, 0.2) is 24.3 Å². The Morgan fingerprint density at radius 2 is 1.94 bits per heavy atom. The fourth-order valence-corrected chi connectivity index (χ4v) is 2.38. The van der Waals surface area contributed by atoms with Crippen LogP contribution in [0.5, 0.6) is 0 Å². The van der Waals surface area contributed by atoms with Gasteiger partial charge in [0.2, 0.25) is 0 Å². The molecule has 1 aromatic carbocycles. The van der Waals surface area contributed by atoms with Gasteiger partial charge < -0.3 is 5.32 Å². The normalized spacial score (nSPS) is 13.6. The van der Waals surface area contributed by atoms with Crippen molar-refractivity contribution in [3.05, 3.63) is 35.6 Å². The Balaban J connectivity index is 2.75. The van der Waals surface area contributed by atoms with Gasteiger partial charge in [-0.3, -0.25) is 0 Å². The summed E-state index contributed by atoms with van der Waals surface area (Å²) in [5.41, 5.74) is 0.909. The molecule has 1 atom stereocenters. The Labute approximate surface area is 115 Å². The van der Waals surface area contributed by atoms with Gasteiger partial charge in [-0.1, -0.05) is 18.2 Å². The summed E-state index contributed by atoms with van der Waals surface area (Å²) in [5.74, 6) is 1.22. The monoisotopic (exact) mass is 269 g/mol. The molecule has 0 saturated carbocycles. The van der Waals surface area contributed by atoms with Crippen LogP contribution in [0.4, 0.5) is 4.39 Å². The zero-order valence-corrected chi connectivity index (χ0v) is 12.6. The molecule has 1 rings (SSSR count). The predicted molar refractivity (Wildman–Crippen MR) is 79.9 cm³/mol. The van der Waals surface area contributed by atoms with Gasteiger partial charge in [-0.05, 0) is 50.8 Å². The van der Waals surface area contributed by atoms with Crippen LogP contribution < -0.4 is 5.32 Å². The lowest BCUT2D eigenvalue weighted by Crippen LogP contribution is -2.38. The summed E-state index contributed by atoms with van der Waals surface area (Å²) >= 11 is 1.81. The average Bonchev–Trinajstić information content (AvgIpc) is 2.29. The minimum atomic E-state index is -0.0840. The van der Waals surface area contributed by atoms with Gasteiger partial charge in [-0.2, -0.15) is 11.8 Å². The molecule has 0 radical (unpaired) electrons. The molecular formula is C15H24FNS. The first-order chi connectivity index (χ1) is 8.44. The number of benzene rings is 1. The van der Waals surface area contributed by atoms with Gasteiger partial charge in [-0.15, -0.1) is 0 Å². The molecule has 0 bridgehead atoms. The molecule has 0 aromatic heterocycles. The zero-order valence-electron chi connectivity index (χ0n) is 11.8. The van der Waals surface area contributed by atoms with Crippen LogP contribution in [0.25, 0.3) is 0 Å². The second-order valence-electron chi connectivity index (χ2n) is 5.63. The first-order valence-electron chi connectivity index (χ1n) is 6.42. The van der Waals surface area contributed by atoms with E-state index >= 15 is 0 Å². The molecule has 0 saturated heterocycles. The molecule has 18 heavy (non-hydrogen) atoms. The lowest BCUT2D eigenvalue weighted by atomic mass is 9.94. The van der Waals surface area contributed by atoms with Crippen LogP contribution in [-0.4, -0.2) is 24.1 Å². The Bertz CT molecular complexity index is 360. The van der Waals surface area contributed by atoms with E-state index in [9.17, 15) is 4.39 Å². The summed E-state index contributed by atoms with van der Waals surface area (Å²) in [5, 5.41) is 3.48. The van der Waals surface area contributed by atoms with Crippen molar-refractivity contribution in [3.63, 3.8) is 0 Å². The molecule has 1 N–H and O–H groups in total. The lowest BCUT2D eigenvalue weighted by Gasteiger charge is -2.25. The van der Waals surface area contributed by atoms with E-state index < -0.39 is 0 Å². The summed E-state index contributed by atoms with van der Waals surface area (Å²) in [6, 6.07) is 7.13. The van der Waals surface area contributed by atoms with E-state index in [2.05, 4.69) is 32.3 Å². The summed E-state index contributed by atoms with van der Waals surface area (Å²) in [4.78, 5) is 0. The number of hydrogen-bond acceptors (Lipinski definition) is 2. The summed E-state index contributed by atoms with van der Waals surface area (Å²) in [6.45, 7) is 7.24. The summed E-state index contributed by atoms with van der Waals surface area (Å²) in [6.07, 6.45) is 3.10. The van der Waals surface area contributed by atoms with E-state index in [1.54, 1.807) is 12.1 Å². The molecule has 0 spiro atoms. The van der Waals surface area contributed by atoms with Crippen molar-refractivity contribution in [2.75, 3.05) is 18.6 Å². The maximum Gasteiger partial charge on any atom is 0.126 e. The van der Waals surface area contributed by atoms with E-state index in [0.29, 0.717) is 0 Å². The Hall–Kier alpha value is -0.540. The van der Waals surface area contributed by atoms with E-state index in [4.69, 9.17) is 0 Å². The Kier molecular flexibility index (Phi) is 6.16. The van der Waals surface area contributed by atoms with Gasteiger partial charge in [-0.25, -0.2) is 4.39 Å². The number of nitrogens with one attached hydrogen (secondary N) is 1. The number of halogens is 1. The molecule has 0 aliphatic rings. The molecule has 1 aromatic rings. The largest absolute Gasteiger partial charge is 0.311 e. The van der Waals surface area contributed by atoms with Gasteiger partial charge in [0.15, 0.2) is 0 Å². The fourth-order valence-electron chi connectivity index (χ4n) is 1.86. The zero-order chi connectivity index (χ0) is 13.6. The smallest absolute Gasteiger partial charge is 0.126 e. The van der Waals surface area contributed by atoms with E-state index in [1.807, 2.05) is 23.9 Å². The van der Waals surface area contributed by atoms with Crippen molar-refractivity contribution < 1.29 is 4.39 Å². The highest BCUT2D eigenvalue weighted by Gasteiger charge is 2.18. The molecule has 102 valence electrons. The van der Waals surface area contributed by atoms with Crippen molar-refractivity contribution in [1.82, 2.24) is 5.32 Å². The van der Waals surface area contributed by atoms with Crippen LogP contribution in [0.2, 0.25) is 0 Å². The van der Waals surface area contributed by atoms with Crippen molar-refractivity contribution >= 4 is 11.8 Å². The molecule has 0 aliphatic heterocycles. The van der Waals surface area contributed by atoms with E-state index in [1.165, 1.54) is 0 Å². The topological polar surface area (TPSA) is 12.0 Å². The van der Waals surface area contributed by atoms with Gasteiger partial charge in [0, 0.05) is 18.0 Å². The molecule has 0 aliphatic carbocycles. The highest BCUT2D eigenvalue weighted by Crippen LogP contribution is 2.24. The Morgan fingerprint density at radius 3 is 2.50 bits per heavy atom. The molecular weight excluding hydrogens is 245 g/mol. The maximum atomic E-state index is 13.9. The molecule has 0 fully saturated rings. The average molecular weight is 269 g/mol. The van der Waals surface area contributed by atoms with Crippen LogP contribution in [0.1, 0.15) is 38.7 Å². The second kappa shape index (κ2) is 7.15. The lowest BCUT2D eigenvalue weighted by molar-refractivity contribution is 0.399. The van der Waals surface area contributed by atoms with Crippen molar-refractivity contribution in [2.24, 2.45) is 0 Å². The van der Waals surface area contributed by atoms with Crippen LogP contribution >= 0.6 is 11.8 Å². The highest BCUT2D eigenvalue weighted by molar-refractivity contribution is 7.98.